The number of hydrogen-bond donors (Lipinski definition) is 1. The van der Waals surface area contributed by atoms with Crippen LogP contribution >= 0.6 is 11.6 Å². The van der Waals surface area contributed by atoms with Crippen LogP contribution in [-0.2, 0) is 26.0 Å². The summed E-state index contributed by atoms with van der Waals surface area (Å²) in [5.74, 6) is -0.535. The van der Waals surface area contributed by atoms with Gasteiger partial charge in [0.25, 0.3) is 0 Å². The number of rotatable bonds is 4. The van der Waals surface area contributed by atoms with Gasteiger partial charge in [0.05, 0.1) is 27.0 Å². The molecule has 130 valence electrons. The maximum atomic E-state index is 12.8. The summed E-state index contributed by atoms with van der Waals surface area (Å²) in [6.45, 7) is -0.147. The van der Waals surface area contributed by atoms with Gasteiger partial charge in [-0.1, -0.05) is 11.6 Å². The number of benzene rings is 1. The van der Waals surface area contributed by atoms with Gasteiger partial charge in [0, 0.05) is 6.54 Å². The van der Waals surface area contributed by atoms with Crippen molar-refractivity contribution < 1.29 is 30.0 Å². The molecule has 1 heterocycles. The zero-order valence-corrected chi connectivity index (χ0v) is 14.0. The first-order valence-corrected chi connectivity index (χ1v) is 10.2. The van der Waals surface area contributed by atoms with Crippen molar-refractivity contribution in [3.63, 3.8) is 0 Å². The molecular weight excluding hydrogens is 379 g/mol. The van der Waals surface area contributed by atoms with E-state index in [4.69, 9.17) is 11.6 Å². The topological polar surface area (TPSA) is 80.3 Å². The molecule has 0 bridgehead atoms. The number of nitrogens with one attached hydrogen (secondary N) is 1. The van der Waals surface area contributed by atoms with Crippen molar-refractivity contribution in [1.29, 1.82) is 0 Å². The highest BCUT2D eigenvalue weighted by molar-refractivity contribution is 7.91. The van der Waals surface area contributed by atoms with Gasteiger partial charge in [-0.25, -0.2) is 21.6 Å². The average molecular weight is 392 g/mol. The standard InChI is InChI=1S/C12H13ClF3NO4S2/c13-11-2-1-9(5-10(11)12(14,15)16)23(20,21)17-6-8-3-4-22(18,19)7-8/h1-2,5,8,17H,3-4,6-7H2. The second-order valence-electron chi connectivity index (χ2n) is 5.26. The third-order valence-electron chi connectivity index (χ3n) is 3.44. The highest BCUT2D eigenvalue weighted by Crippen LogP contribution is 2.35. The molecule has 1 aromatic rings. The Bertz CT molecular complexity index is 806. The Hall–Kier alpha value is -0.840. The lowest BCUT2D eigenvalue weighted by atomic mass is 10.1. The fraction of sp³-hybridized carbons (Fsp3) is 0.500. The summed E-state index contributed by atoms with van der Waals surface area (Å²) in [7, 11) is -7.35. The summed E-state index contributed by atoms with van der Waals surface area (Å²) in [5, 5.41) is -0.599. The van der Waals surface area contributed by atoms with Crippen LogP contribution in [0.3, 0.4) is 0 Å². The monoisotopic (exact) mass is 391 g/mol. The Morgan fingerprint density at radius 2 is 1.96 bits per heavy atom. The van der Waals surface area contributed by atoms with Crippen molar-refractivity contribution in [2.75, 3.05) is 18.1 Å². The van der Waals surface area contributed by atoms with E-state index in [0.717, 1.165) is 12.1 Å². The largest absolute Gasteiger partial charge is 0.417 e. The van der Waals surface area contributed by atoms with Crippen LogP contribution in [0.2, 0.25) is 5.02 Å². The summed E-state index contributed by atoms with van der Waals surface area (Å²) < 4.78 is 87.2. The number of sulfonamides is 1. The minimum atomic E-state index is -4.78. The molecule has 5 nitrogen and oxygen atoms in total. The van der Waals surface area contributed by atoms with Gasteiger partial charge in [-0.2, -0.15) is 13.2 Å². The second kappa shape index (κ2) is 6.23. The number of hydrogen-bond acceptors (Lipinski definition) is 4. The molecule has 1 aliphatic rings. The Morgan fingerprint density at radius 1 is 1.30 bits per heavy atom. The van der Waals surface area contributed by atoms with Crippen molar-refractivity contribution in [2.45, 2.75) is 17.5 Å². The molecule has 1 aliphatic heterocycles. The number of alkyl halides is 3. The van der Waals surface area contributed by atoms with Gasteiger partial charge >= 0.3 is 6.18 Å². The van der Waals surface area contributed by atoms with E-state index in [1.807, 2.05) is 0 Å². The van der Waals surface area contributed by atoms with Crippen molar-refractivity contribution in [1.82, 2.24) is 4.72 Å². The van der Waals surface area contributed by atoms with Gasteiger partial charge in [0.15, 0.2) is 9.84 Å². The van der Waals surface area contributed by atoms with E-state index in [0.29, 0.717) is 12.5 Å². The van der Waals surface area contributed by atoms with Gasteiger partial charge in [0.1, 0.15) is 0 Å². The SMILES string of the molecule is O=S1(=O)CCC(CNS(=O)(=O)c2ccc(Cl)c(C(F)(F)F)c2)C1. The molecule has 0 saturated carbocycles. The quantitative estimate of drug-likeness (QED) is 0.852. The van der Waals surface area contributed by atoms with Gasteiger partial charge in [0.2, 0.25) is 10.0 Å². The Labute approximate surface area is 136 Å². The molecule has 1 atom stereocenters. The van der Waals surface area contributed by atoms with Gasteiger partial charge in [-0.3, -0.25) is 0 Å². The van der Waals surface area contributed by atoms with E-state index >= 15 is 0 Å². The van der Waals surface area contributed by atoms with E-state index in [9.17, 15) is 30.0 Å². The van der Waals surface area contributed by atoms with Crippen molar-refractivity contribution >= 4 is 31.5 Å². The van der Waals surface area contributed by atoms with Gasteiger partial charge in [-0.05, 0) is 30.5 Å². The zero-order chi connectivity index (χ0) is 17.5. The predicted molar refractivity (Wildman–Crippen MR) is 78.4 cm³/mol. The zero-order valence-electron chi connectivity index (χ0n) is 11.6. The van der Waals surface area contributed by atoms with Crippen LogP contribution in [-0.4, -0.2) is 34.9 Å². The summed E-state index contributed by atoms with van der Waals surface area (Å²) >= 11 is 5.44. The third-order valence-corrected chi connectivity index (χ3v) is 7.03. The molecule has 1 saturated heterocycles. The molecule has 1 N–H and O–H groups in total. The molecule has 0 aliphatic carbocycles. The van der Waals surface area contributed by atoms with Crippen LogP contribution in [0.5, 0.6) is 0 Å². The van der Waals surface area contributed by atoms with Gasteiger partial charge in [-0.15, -0.1) is 0 Å². The Kier molecular flexibility index (Phi) is 5.01. The van der Waals surface area contributed by atoms with Crippen LogP contribution in [0, 0.1) is 5.92 Å². The molecule has 0 aromatic heterocycles. The highest BCUT2D eigenvalue weighted by Gasteiger charge is 2.35. The van der Waals surface area contributed by atoms with Crippen molar-refractivity contribution in [3.05, 3.63) is 28.8 Å². The van der Waals surface area contributed by atoms with Crippen molar-refractivity contribution in [3.8, 4) is 0 Å². The average Bonchev–Trinajstić information content (AvgIpc) is 2.75. The Morgan fingerprint density at radius 3 is 2.48 bits per heavy atom. The fourth-order valence-corrected chi connectivity index (χ4v) is 5.46. The maximum Gasteiger partial charge on any atom is 0.417 e. The van der Waals surface area contributed by atoms with E-state index in [-0.39, 0.29) is 24.0 Å². The maximum absolute atomic E-state index is 12.8. The van der Waals surface area contributed by atoms with Crippen molar-refractivity contribution in [2.24, 2.45) is 5.92 Å². The summed E-state index contributed by atoms with van der Waals surface area (Å²) in [6, 6.07) is 2.28. The van der Waals surface area contributed by atoms with Crippen LogP contribution < -0.4 is 4.72 Å². The van der Waals surface area contributed by atoms with E-state index in [1.54, 1.807) is 0 Å². The Balaban J connectivity index is 2.17. The lowest BCUT2D eigenvalue weighted by molar-refractivity contribution is -0.137. The molecule has 1 fully saturated rings. The first-order valence-electron chi connectivity index (χ1n) is 6.47. The molecule has 2 rings (SSSR count). The normalized spacial score (nSPS) is 21.5. The molecule has 1 unspecified atom stereocenters. The van der Waals surface area contributed by atoms with E-state index in [1.165, 1.54) is 0 Å². The molecule has 0 radical (unpaired) electrons. The second-order valence-corrected chi connectivity index (χ2v) is 9.66. The molecule has 1 aromatic carbocycles. The minimum Gasteiger partial charge on any atom is -0.229 e. The first kappa shape index (κ1) is 18.5. The third kappa shape index (κ3) is 4.59. The summed E-state index contributed by atoms with van der Waals surface area (Å²) in [4.78, 5) is -0.574. The summed E-state index contributed by atoms with van der Waals surface area (Å²) in [6.07, 6.45) is -4.46. The highest BCUT2D eigenvalue weighted by atomic mass is 35.5. The van der Waals surface area contributed by atoms with E-state index in [2.05, 4.69) is 4.72 Å². The lowest BCUT2D eigenvalue weighted by Gasteiger charge is -2.13. The predicted octanol–water partition coefficient (Wildman–Crippen LogP) is 2.07. The van der Waals surface area contributed by atoms with Crippen LogP contribution in [0.4, 0.5) is 13.2 Å². The number of halogens is 4. The van der Waals surface area contributed by atoms with E-state index < -0.39 is 41.5 Å². The van der Waals surface area contributed by atoms with Crippen LogP contribution in [0.15, 0.2) is 23.1 Å². The number of sulfone groups is 1. The molecule has 0 spiro atoms. The van der Waals surface area contributed by atoms with Crippen LogP contribution in [0.1, 0.15) is 12.0 Å². The lowest BCUT2D eigenvalue weighted by Crippen LogP contribution is -2.30. The molecule has 0 amide bonds. The first-order chi connectivity index (χ1) is 10.4. The van der Waals surface area contributed by atoms with Crippen LogP contribution in [0.25, 0.3) is 0 Å². The molecule has 11 heteroatoms. The minimum absolute atomic E-state index is 0.0153. The fourth-order valence-electron chi connectivity index (χ4n) is 2.23. The smallest absolute Gasteiger partial charge is 0.229 e. The summed E-state index contributed by atoms with van der Waals surface area (Å²) in [5.41, 5.74) is -1.24. The molecule has 23 heavy (non-hydrogen) atoms. The van der Waals surface area contributed by atoms with Gasteiger partial charge < -0.3 is 0 Å². The molecular formula is C12H13ClF3NO4S2.